The molecule has 98 valence electrons. The molecule has 1 heterocycles. The van der Waals surface area contributed by atoms with Gasteiger partial charge in [-0.1, -0.05) is 32.4 Å². The molecule has 0 aliphatic carbocycles. The molecule has 0 aromatic carbocycles. The fourth-order valence-corrected chi connectivity index (χ4v) is 2.47. The molecule has 17 heavy (non-hydrogen) atoms. The standard InChI is InChI=1S/C10H18ClN3O2S/c1-4-17(15,16)6-5-14-10(12)8(11)9(13-14)7(2)3/h7H,4-6,12H2,1-3H3. The van der Waals surface area contributed by atoms with Crippen LogP contribution in [-0.4, -0.2) is 29.7 Å². The van der Waals surface area contributed by atoms with E-state index in [2.05, 4.69) is 5.10 Å². The summed E-state index contributed by atoms with van der Waals surface area (Å²) in [5.74, 6) is 0.651. The van der Waals surface area contributed by atoms with Gasteiger partial charge in [0.15, 0.2) is 9.84 Å². The van der Waals surface area contributed by atoms with Crippen LogP contribution in [-0.2, 0) is 16.4 Å². The summed E-state index contributed by atoms with van der Waals surface area (Å²) in [5.41, 5.74) is 6.49. The first-order chi connectivity index (χ1) is 7.78. The summed E-state index contributed by atoms with van der Waals surface area (Å²) >= 11 is 6.04. The summed E-state index contributed by atoms with van der Waals surface area (Å²) < 4.78 is 24.3. The van der Waals surface area contributed by atoms with Crippen LogP contribution < -0.4 is 5.73 Å². The lowest BCUT2D eigenvalue weighted by molar-refractivity contribution is 0.580. The molecule has 1 aromatic rings. The average molecular weight is 280 g/mol. The Morgan fingerprint density at radius 1 is 1.47 bits per heavy atom. The molecule has 0 spiro atoms. The fraction of sp³-hybridized carbons (Fsp3) is 0.700. The number of halogens is 1. The van der Waals surface area contributed by atoms with Crippen molar-refractivity contribution in [3.63, 3.8) is 0 Å². The highest BCUT2D eigenvalue weighted by Gasteiger charge is 2.17. The third-order valence-corrected chi connectivity index (χ3v) is 4.63. The molecule has 1 rings (SSSR count). The first-order valence-electron chi connectivity index (χ1n) is 5.50. The quantitative estimate of drug-likeness (QED) is 0.889. The SMILES string of the molecule is CCS(=O)(=O)CCn1nc(C(C)C)c(Cl)c1N. The maximum Gasteiger partial charge on any atom is 0.151 e. The van der Waals surface area contributed by atoms with Crippen LogP contribution in [0.15, 0.2) is 0 Å². The lowest BCUT2D eigenvalue weighted by atomic mass is 10.1. The summed E-state index contributed by atoms with van der Waals surface area (Å²) in [7, 11) is -3.02. The number of nitrogens with two attached hydrogens (primary N) is 1. The Hall–Kier alpha value is -0.750. The van der Waals surface area contributed by atoms with Gasteiger partial charge in [0.05, 0.1) is 18.0 Å². The van der Waals surface area contributed by atoms with Crippen LogP contribution in [0, 0.1) is 0 Å². The van der Waals surface area contributed by atoms with Gasteiger partial charge in [0.1, 0.15) is 10.8 Å². The molecule has 5 nitrogen and oxygen atoms in total. The van der Waals surface area contributed by atoms with Crippen LogP contribution in [0.1, 0.15) is 32.4 Å². The number of anilines is 1. The van der Waals surface area contributed by atoms with Crippen molar-refractivity contribution in [1.29, 1.82) is 0 Å². The number of aryl methyl sites for hydroxylation is 1. The Kier molecular flexibility index (Phi) is 4.43. The largest absolute Gasteiger partial charge is 0.383 e. The number of aromatic nitrogens is 2. The summed E-state index contributed by atoms with van der Waals surface area (Å²) in [6, 6.07) is 0. The van der Waals surface area contributed by atoms with E-state index in [9.17, 15) is 8.42 Å². The maximum atomic E-state index is 11.4. The third-order valence-electron chi connectivity index (χ3n) is 2.56. The number of nitrogen functional groups attached to an aromatic ring is 1. The van der Waals surface area contributed by atoms with Crippen molar-refractivity contribution in [3.8, 4) is 0 Å². The van der Waals surface area contributed by atoms with Gasteiger partial charge in [0.2, 0.25) is 0 Å². The fourth-order valence-electron chi connectivity index (χ4n) is 1.38. The number of sulfone groups is 1. The first kappa shape index (κ1) is 14.3. The second-order valence-corrected chi connectivity index (χ2v) is 7.05. The van der Waals surface area contributed by atoms with Crippen molar-refractivity contribution < 1.29 is 8.42 Å². The molecule has 0 aliphatic heterocycles. The topological polar surface area (TPSA) is 78.0 Å². The normalized spacial score (nSPS) is 12.3. The van der Waals surface area contributed by atoms with Crippen LogP contribution in [0.25, 0.3) is 0 Å². The van der Waals surface area contributed by atoms with E-state index in [1.54, 1.807) is 6.92 Å². The van der Waals surface area contributed by atoms with E-state index in [0.717, 1.165) is 0 Å². The molecule has 0 unspecified atom stereocenters. The van der Waals surface area contributed by atoms with Gasteiger partial charge in [-0.3, -0.25) is 0 Å². The second kappa shape index (κ2) is 5.27. The van der Waals surface area contributed by atoms with E-state index >= 15 is 0 Å². The molecule has 0 radical (unpaired) electrons. The predicted octanol–water partition coefficient (Wildman–Crippen LogP) is 1.68. The van der Waals surface area contributed by atoms with E-state index in [1.807, 2.05) is 13.8 Å². The van der Waals surface area contributed by atoms with E-state index < -0.39 is 9.84 Å². The van der Waals surface area contributed by atoms with Crippen molar-refractivity contribution in [3.05, 3.63) is 10.7 Å². The van der Waals surface area contributed by atoms with Crippen molar-refractivity contribution in [2.24, 2.45) is 0 Å². The molecule has 0 saturated carbocycles. The molecular weight excluding hydrogens is 262 g/mol. The molecule has 0 amide bonds. The highest BCUT2D eigenvalue weighted by atomic mass is 35.5. The third kappa shape index (κ3) is 3.35. The minimum absolute atomic E-state index is 0.0310. The van der Waals surface area contributed by atoms with Crippen LogP contribution in [0.5, 0.6) is 0 Å². The number of nitrogens with zero attached hydrogens (tertiary/aromatic N) is 2. The number of hydrogen-bond acceptors (Lipinski definition) is 4. The predicted molar refractivity (Wildman–Crippen MR) is 70.1 cm³/mol. The summed E-state index contributed by atoms with van der Waals surface area (Å²) in [4.78, 5) is 0. The van der Waals surface area contributed by atoms with Gasteiger partial charge in [-0.15, -0.1) is 0 Å². The summed E-state index contributed by atoms with van der Waals surface area (Å²) in [6.45, 7) is 5.78. The van der Waals surface area contributed by atoms with Gasteiger partial charge in [-0.2, -0.15) is 5.10 Å². The molecular formula is C10H18ClN3O2S. The number of rotatable bonds is 5. The zero-order valence-electron chi connectivity index (χ0n) is 10.3. The Balaban J connectivity index is 2.90. The Bertz CT molecular complexity index is 494. The Morgan fingerprint density at radius 2 is 2.06 bits per heavy atom. The molecule has 1 aromatic heterocycles. The zero-order chi connectivity index (χ0) is 13.2. The van der Waals surface area contributed by atoms with E-state index in [4.69, 9.17) is 17.3 Å². The minimum Gasteiger partial charge on any atom is -0.383 e. The Labute approximate surface area is 107 Å². The van der Waals surface area contributed by atoms with Crippen molar-refractivity contribution in [1.82, 2.24) is 9.78 Å². The highest BCUT2D eigenvalue weighted by Crippen LogP contribution is 2.28. The zero-order valence-corrected chi connectivity index (χ0v) is 11.8. The van der Waals surface area contributed by atoms with Crippen molar-refractivity contribution in [2.75, 3.05) is 17.2 Å². The second-order valence-electron chi connectivity index (χ2n) is 4.20. The van der Waals surface area contributed by atoms with E-state index in [-0.39, 0.29) is 24.0 Å². The first-order valence-corrected chi connectivity index (χ1v) is 7.70. The monoisotopic (exact) mass is 279 g/mol. The van der Waals surface area contributed by atoms with Crippen LogP contribution in [0.2, 0.25) is 5.02 Å². The summed E-state index contributed by atoms with van der Waals surface area (Å²) in [6.07, 6.45) is 0. The lowest BCUT2D eigenvalue weighted by Gasteiger charge is -2.04. The minimum atomic E-state index is -3.02. The Morgan fingerprint density at radius 3 is 2.47 bits per heavy atom. The van der Waals surface area contributed by atoms with E-state index in [0.29, 0.717) is 16.5 Å². The van der Waals surface area contributed by atoms with Crippen LogP contribution in [0.3, 0.4) is 0 Å². The highest BCUT2D eigenvalue weighted by molar-refractivity contribution is 7.91. The average Bonchev–Trinajstić information content (AvgIpc) is 2.54. The molecule has 2 N–H and O–H groups in total. The molecule has 0 fully saturated rings. The number of hydrogen-bond donors (Lipinski definition) is 1. The van der Waals surface area contributed by atoms with Crippen molar-refractivity contribution in [2.45, 2.75) is 33.2 Å². The van der Waals surface area contributed by atoms with E-state index in [1.165, 1.54) is 4.68 Å². The molecule has 0 aliphatic rings. The van der Waals surface area contributed by atoms with Crippen LogP contribution >= 0.6 is 11.6 Å². The van der Waals surface area contributed by atoms with Gasteiger partial charge in [-0.25, -0.2) is 13.1 Å². The smallest absolute Gasteiger partial charge is 0.151 e. The van der Waals surface area contributed by atoms with Gasteiger partial charge in [0.25, 0.3) is 0 Å². The maximum absolute atomic E-state index is 11.4. The summed E-state index contributed by atoms with van der Waals surface area (Å²) in [5, 5.41) is 4.67. The molecule has 7 heteroatoms. The lowest BCUT2D eigenvalue weighted by Crippen LogP contribution is -2.16. The van der Waals surface area contributed by atoms with Crippen molar-refractivity contribution >= 4 is 27.3 Å². The van der Waals surface area contributed by atoms with Gasteiger partial charge >= 0.3 is 0 Å². The molecule has 0 bridgehead atoms. The van der Waals surface area contributed by atoms with Gasteiger partial charge in [0, 0.05) is 5.75 Å². The van der Waals surface area contributed by atoms with Gasteiger partial charge < -0.3 is 5.73 Å². The van der Waals surface area contributed by atoms with Gasteiger partial charge in [-0.05, 0) is 5.92 Å². The molecule has 0 saturated heterocycles. The molecule has 0 atom stereocenters. The van der Waals surface area contributed by atoms with Crippen LogP contribution in [0.4, 0.5) is 5.82 Å².